The van der Waals surface area contributed by atoms with Crippen LogP contribution in [0.2, 0.25) is 0 Å². The van der Waals surface area contributed by atoms with Gasteiger partial charge in [-0.05, 0) is 31.2 Å². The van der Waals surface area contributed by atoms with Gasteiger partial charge in [0.2, 0.25) is 5.75 Å². The first-order valence-electron chi connectivity index (χ1n) is 8.69. The van der Waals surface area contributed by atoms with Crippen LogP contribution in [0.1, 0.15) is 11.1 Å². The third-order valence-corrected chi connectivity index (χ3v) is 4.61. The van der Waals surface area contributed by atoms with Gasteiger partial charge in [-0.3, -0.25) is 4.79 Å². The molecular weight excluding hydrogens is 376 g/mol. The average molecular weight is 394 g/mol. The molecule has 2 aromatic heterocycles. The summed E-state index contributed by atoms with van der Waals surface area (Å²) in [5, 5.41) is 14.8. The van der Waals surface area contributed by atoms with Crippen LogP contribution >= 0.6 is 0 Å². The van der Waals surface area contributed by atoms with Gasteiger partial charge in [0.25, 0.3) is 0 Å². The van der Waals surface area contributed by atoms with E-state index in [1.54, 1.807) is 0 Å². The lowest BCUT2D eigenvalue weighted by atomic mass is 10.2. The number of nitrogens with one attached hydrogen (secondary N) is 2. The molecule has 0 saturated heterocycles. The second kappa shape index (κ2) is 6.86. The maximum Gasteiger partial charge on any atom is 0.350 e. The van der Waals surface area contributed by atoms with Gasteiger partial charge in [0.15, 0.2) is 11.5 Å². The first-order chi connectivity index (χ1) is 13.9. The number of aromatic nitrogens is 3. The van der Waals surface area contributed by atoms with E-state index < -0.39 is 11.2 Å². The van der Waals surface area contributed by atoms with Crippen molar-refractivity contribution in [2.24, 2.45) is 5.10 Å². The standard InChI is InChI=1S/C20H18N4O5/c1-10-4-5-13-12(6-10)16-17(22-13)19(26)24(20(27)23-16)21-9-11-7-14(28-2)18(25)15(8-11)29-3/h4-9,22,25H,1-3H3,(H,23,27)/b21-9-. The SMILES string of the molecule is COc1cc(/C=N\n2c(=O)[nH]c3c([nH]c4ccc(C)cc43)c2=O)cc(OC)c1O. The van der Waals surface area contributed by atoms with E-state index in [9.17, 15) is 14.7 Å². The van der Waals surface area contributed by atoms with Crippen LogP contribution in [0.3, 0.4) is 0 Å². The van der Waals surface area contributed by atoms with Gasteiger partial charge in [-0.2, -0.15) is 5.10 Å². The lowest BCUT2D eigenvalue weighted by Gasteiger charge is -2.09. The number of ether oxygens (including phenoxy) is 2. The zero-order valence-corrected chi connectivity index (χ0v) is 15.9. The molecule has 0 aliphatic carbocycles. The molecular formula is C20H18N4O5. The zero-order valence-electron chi connectivity index (χ0n) is 15.9. The van der Waals surface area contributed by atoms with Gasteiger partial charge in [0.05, 0.1) is 26.0 Å². The number of rotatable bonds is 4. The Balaban J connectivity index is 1.86. The summed E-state index contributed by atoms with van der Waals surface area (Å²) < 4.78 is 10.9. The Bertz CT molecular complexity index is 1370. The zero-order chi connectivity index (χ0) is 20.7. The molecule has 2 heterocycles. The number of phenols is 1. The highest BCUT2D eigenvalue weighted by Gasteiger charge is 2.13. The minimum atomic E-state index is -0.668. The summed E-state index contributed by atoms with van der Waals surface area (Å²) in [6.07, 6.45) is 1.31. The summed E-state index contributed by atoms with van der Waals surface area (Å²) >= 11 is 0. The summed E-state index contributed by atoms with van der Waals surface area (Å²) in [5.41, 5.74) is 1.67. The number of nitrogens with zero attached hydrogens (tertiary/aromatic N) is 2. The molecule has 0 aliphatic rings. The van der Waals surface area contributed by atoms with Gasteiger partial charge in [0.1, 0.15) is 5.52 Å². The molecule has 0 spiro atoms. The van der Waals surface area contributed by atoms with E-state index >= 15 is 0 Å². The third kappa shape index (κ3) is 3.02. The van der Waals surface area contributed by atoms with Crippen LogP contribution in [0, 0.1) is 6.92 Å². The Kier molecular flexibility index (Phi) is 4.34. The van der Waals surface area contributed by atoms with Crippen molar-refractivity contribution in [2.45, 2.75) is 6.92 Å². The minimum absolute atomic E-state index is 0.156. The maximum atomic E-state index is 12.8. The van der Waals surface area contributed by atoms with E-state index in [1.165, 1.54) is 32.6 Å². The van der Waals surface area contributed by atoms with Gasteiger partial charge in [0, 0.05) is 16.5 Å². The van der Waals surface area contributed by atoms with Crippen LogP contribution in [-0.2, 0) is 0 Å². The fraction of sp³-hybridized carbons (Fsp3) is 0.150. The smallest absolute Gasteiger partial charge is 0.350 e. The molecule has 29 heavy (non-hydrogen) atoms. The van der Waals surface area contributed by atoms with Crippen molar-refractivity contribution in [1.82, 2.24) is 14.6 Å². The molecule has 0 unspecified atom stereocenters. The molecule has 148 valence electrons. The third-order valence-electron chi connectivity index (χ3n) is 4.61. The minimum Gasteiger partial charge on any atom is -0.502 e. The molecule has 4 aromatic rings. The number of fused-ring (bicyclic) bond motifs is 3. The molecule has 0 fully saturated rings. The summed E-state index contributed by atoms with van der Waals surface area (Å²) in [6, 6.07) is 8.67. The Morgan fingerprint density at radius 2 is 1.72 bits per heavy atom. The predicted octanol–water partition coefficient (Wildman–Crippen LogP) is 2.08. The van der Waals surface area contributed by atoms with Gasteiger partial charge in [-0.15, -0.1) is 4.68 Å². The van der Waals surface area contributed by atoms with Crippen LogP contribution in [0.4, 0.5) is 0 Å². The lowest BCUT2D eigenvalue weighted by molar-refractivity contribution is 0.340. The van der Waals surface area contributed by atoms with Crippen LogP contribution in [-0.4, -0.2) is 40.2 Å². The van der Waals surface area contributed by atoms with Gasteiger partial charge < -0.3 is 24.5 Å². The number of H-pyrrole nitrogens is 2. The predicted molar refractivity (Wildman–Crippen MR) is 110 cm³/mol. The molecule has 0 aliphatic heterocycles. The normalized spacial score (nSPS) is 11.6. The number of phenolic OH excluding ortho intramolecular Hbond substituents is 1. The highest BCUT2D eigenvalue weighted by Crippen LogP contribution is 2.36. The summed E-state index contributed by atoms with van der Waals surface area (Å²) in [4.78, 5) is 31.1. The maximum absolute atomic E-state index is 12.8. The second-order valence-corrected chi connectivity index (χ2v) is 6.49. The molecule has 0 atom stereocenters. The van der Waals surface area contributed by atoms with Gasteiger partial charge in [-0.1, -0.05) is 11.6 Å². The lowest BCUT2D eigenvalue weighted by Crippen LogP contribution is -2.32. The molecule has 0 radical (unpaired) electrons. The van der Waals surface area contributed by atoms with Crippen molar-refractivity contribution >= 4 is 28.2 Å². The van der Waals surface area contributed by atoms with Crippen LogP contribution in [0.5, 0.6) is 17.2 Å². The Hall–Kier alpha value is -4.01. The molecule has 4 rings (SSSR count). The number of aromatic amines is 2. The summed E-state index contributed by atoms with van der Waals surface area (Å²) in [5.74, 6) is 0.193. The molecule has 0 saturated carbocycles. The van der Waals surface area contributed by atoms with Crippen LogP contribution in [0.25, 0.3) is 21.9 Å². The summed E-state index contributed by atoms with van der Waals surface area (Å²) in [6.45, 7) is 1.93. The van der Waals surface area contributed by atoms with Gasteiger partial charge in [-0.25, -0.2) is 4.79 Å². The van der Waals surface area contributed by atoms with Gasteiger partial charge >= 0.3 is 11.2 Å². The number of hydrogen-bond donors (Lipinski definition) is 3. The Morgan fingerprint density at radius 3 is 2.38 bits per heavy atom. The second-order valence-electron chi connectivity index (χ2n) is 6.49. The number of methoxy groups -OCH3 is 2. The topological polar surface area (TPSA) is 122 Å². The molecule has 9 heteroatoms. The monoisotopic (exact) mass is 394 g/mol. The fourth-order valence-electron chi connectivity index (χ4n) is 3.17. The van der Waals surface area contributed by atoms with Crippen molar-refractivity contribution in [3.63, 3.8) is 0 Å². The van der Waals surface area contributed by atoms with E-state index in [4.69, 9.17) is 9.47 Å². The quantitative estimate of drug-likeness (QED) is 0.458. The number of hydrogen-bond acceptors (Lipinski definition) is 6. The Labute approximate surface area is 163 Å². The van der Waals surface area contributed by atoms with E-state index in [-0.39, 0.29) is 22.8 Å². The number of aromatic hydroxyl groups is 1. The highest BCUT2D eigenvalue weighted by molar-refractivity contribution is 6.04. The molecule has 2 aromatic carbocycles. The molecule has 0 amide bonds. The number of benzene rings is 2. The van der Waals surface area contributed by atoms with Crippen molar-refractivity contribution in [2.75, 3.05) is 14.2 Å². The van der Waals surface area contributed by atoms with E-state index in [2.05, 4.69) is 15.1 Å². The summed E-state index contributed by atoms with van der Waals surface area (Å²) in [7, 11) is 2.80. The van der Waals surface area contributed by atoms with Crippen molar-refractivity contribution in [3.05, 3.63) is 62.3 Å². The van der Waals surface area contributed by atoms with E-state index in [0.717, 1.165) is 21.1 Å². The van der Waals surface area contributed by atoms with E-state index in [1.807, 2.05) is 25.1 Å². The largest absolute Gasteiger partial charge is 0.502 e. The first kappa shape index (κ1) is 18.4. The highest BCUT2D eigenvalue weighted by atomic mass is 16.5. The Morgan fingerprint density at radius 1 is 1.03 bits per heavy atom. The molecule has 9 nitrogen and oxygen atoms in total. The number of aryl methyl sites for hydroxylation is 1. The van der Waals surface area contributed by atoms with Crippen molar-refractivity contribution in [3.8, 4) is 17.2 Å². The average Bonchev–Trinajstić information content (AvgIpc) is 3.06. The molecule has 3 N–H and O–H groups in total. The van der Waals surface area contributed by atoms with Crippen LogP contribution < -0.4 is 20.7 Å². The molecule has 0 bridgehead atoms. The first-order valence-corrected chi connectivity index (χ1v) is 8.69. The van der Waals surface area contributed by atoms with E-state index in [0.29, 0.717) is 11.1 Å². The van der Waals surface area contributed by atoms with Crippen LogP contribution in [0.15, 0.2) is 45.0 Å². The van der Waals surface area contributed by atoms with Crippen molar-refractivity contribution in [1.29, 1.82) is 0 Å². The van der Waals surface area contributed by atoms with Crippen molar-refractivity contribution < 1.29 is 14.6 Å². The fourth-order valence-corrected chi connectivity index (χ4v) is 3.17.